The van der Waals surface area contributed by atoms with Crippen molar-refractivity contribution in [3.63, 3.8) is 0 Å². The molecule has 0 saturated carbocycles. The van der Waals surface area contributed by atoms with Gasteiger partial charge in [-0.05, 0) is 67.7 Å². The van der Waals surface area contributed by atoms with E-state index in [1.54, 1.807) is 0 Å². The van der Waals surface area contributed by atoms with Crippen molar-refractivity contribution in [2.75, 3.05) is 5.75 Å². The van der Waals surface area contributed by atoms with Gasteiger partial charge in [0.25, 0.3) is 0 Å². The van der Waals surface area contributed by atoms with Gasteiger partial charge in [0.1, 0.15) is 0 Å². The number of thiol groups is 1. The van der Waals surface area contributed by atoms with Gasteiger partial charge in [0.2, 0.25) is 0 Å². The first-order chi connectivity index (χ1) is 16.4. The first-order valence-corrected chi connectivity index (χ1v) is 13.5. The van der Waals surface area contributed by atoms with E-state index in [9.17, 15) is 0 Å². The van der Waals surface area contributed by atoms with Crippen molar-refractivity contribution < 1.29 is 0 Å². The molecule has 1 heteroatoms. The van der Waals surface area contributed by atoms with Crippen molar-refractivity contribution in [2.24, 2.45) is 0 Å². The van der Waals surface area contributed by atoms with Crippen molar-refractivity contribution >= 4 is 23.4 Å². The molecule has 0 unspecified atom stereocenters. The van der Waals surface area contributed by atoms with E-state index >= 15 is 0 Å². The first-order valence-electron chi connectivity index (χ1n) is 12.9. The summed E-state index contributed by atoms with van der Waals surface area (Å²) in [6.07, 6.45) is 11.8. The summed E-state index contributed by atoms with van der Waals surface area (Å²) in [5.41, 5.74) is 6.98. The largest absolute Gasteiger partial charge is 0.179 e. The minimum absolute atomic E-state index is 0.911. The molecular formula is C33H46S. The SMILES string of the molecule is CC/C(C)=C/C=C(\C)Cc1cccc(C)c1.CCCCC.SCCc1cccc2ccccc12. The fourth-order valence-electron chi connectivity index (χ4n) is 3.59. The Hall–Kier alpha value is -2.25. The number of rotatable bonds is 8. The molecule has 0 aliphatic rings. The van der Waals surface area contributed by atoms with E-state index < -0.39 is 0 Å². The second-order valence-electron chi connectivity index (χ2n) is 9.01. The average Bonchev–Trinajstić information content (AvgIpc) is 2.84. The van der Waals surface area contributed by atoms with Gasteiger partial charge in [-0.3, -0.25) is 0 Å². The highest BCUT2D eigenvalue weighted by atomic mass is 32.1. The van der Waals surface area contributed by atoms with E-state index in [1.165, 1.54) is 57.9 Å². The average molecular weight is 475 g/mol. The van der Waals surface area contributed by atoms with Crippen molar-refractivity contribution in [1.82, 2.24) is 0 Å². The third kappa shape index (κ3) is 12.3. The molecule has 3 aromatic rings. The van der Waals surface area contributed by atoms with Gasteiger partial charge in [0.15, 0.2) is 0 Å². The number of hydrogen-bond acceptors (Lipinski definition) is 1. The lowest BCUT2D eigenvalue weighted by molar-refractivity contribution is 0.772. The van der Waals surface area contributed by atoms with Crippen LogP contribution >= 0.6 is 12.6 Å². The number of allylic oxidation sites excluding steroid dienone is 4. The molecule has 0 atom stereocenters. The van der Waals surface area contributed by atoms with Gasteiger partial charge < -0.3 is 0 Å². The molecule has 0 aliphatic heterocycles. The molecule has 3 rings (SSSR count). The zero-order valence-electron chi connectivity index (χ0n) is 22.4. The third-order valence-corrected chi connectivity index (χ3v) is 5.97. The Balaban J connectivity index is 0.000000288. The van der Waals surface area contributed by atoms with Gasteiger partial charge in [0.05, 0.1) is 0 Å². The molecule has 0 fully saturated rings. The van der Waals surface area contributed by atoms with Crippen LogP contribution in [0.25, 0.3) is 10.8 Å². The molecule has 0 nitrogen and oxygen atoms in total. The highest BCUT2D eigenvalue weighted by Crippen LogP contribution is 2.18. The van der Waals surface area contributed by atoms with Crippen LogP contribution in [0.2, 0.25) is 0 Å². The molecule has 3 aromatic carbocycles. The Kier molecular flexibility index (Phi) is 15.9. The van der Waals surface area contributed by atoms with Crippen LogP contribution in [0.4, 0.5) is 0 Å². The molecule has 34 heavy (non-hydrogen) atoms. The quantitative estimate of drug-likeness (QED) is 0.243. The van der Waals surface area contributed by atoms with Gasteiger partial charge in [-0.25, -0.2) is 0 Å². The van der Waals surface area contributed by atoms with Crippen molar-refractivity contribution in [2.45, 2.75) is 80.1 Å². The summed E-state index contributed by atoms with van der Waals surface area (Å²) in [7, 11) is 0. The lowest BCUT2D eigenvalue weighted by Gasteiger charge is -2.03. The smallest absolute Gasteiger partial charge is 0.00571 e. The van der Waals surface area contributed by atoms with Gasteiger partial charge in [0, 0.05) is 0 Å². The molecule has 0 amide bonds. The molecular weight excluding hydrogens is 428 g/mol. The van der Waals surface area contributed by atoms with Crippen LogP contribution in [0.15, 0.2) is 90.0 Å². The Labute approximate surface area is 215 Å². The Bertz CT molecular complexity index is 1000. The third-order valence-electron chi connectivity index (χ3n) is 5.74. The van der Waals surface area contributed by atoms with Gasteiger partial charge in [-0.2, -0.15) is 12.6 Å². The predicted octanol–water partition coefficient (Wildman–Crippen LogP) is 10.3. The van der Waals surface area contributed by atoms with Gasteiger partial charge >= 0.3 is 0 Å². The van der Waals surface area contributed by atoms with Crippen molar-refractivity contribution in [3.05, 3.63) is 107 Å². The monoisotopic (exact) mass is 474 g/mol. The minimum atomic E-state index is 0.911. The summed E-state index contributed by atoms with van der Waals surface area (Å²) in [6.45, 7) is 13.1. The van der Waals surface area contributed by atoms with E-state index in [1.807, 2.05) is 0 Å². The Morgan fingerprint density at radius 3 is 2.06 bits per heavy atom. The molecule has 0 spiro atoms. The molecule has 0 saturated heterocycles. The highest BCUT2D eigenvalue weighted by molar-refractivity contribution is 7.80. The van der Waals surface area contributed by atoms with Crippen LogP contribution in [0.5, 0.6) is 0 Å². The number of benzene rings is 3. The first kappa shape index (κ1) is 29.8. The van der Waals surface area contributed by atoms with E-state index in [0.717, 1.165) is 25.0 Å². The summed E-state index contributed by atoms with van der Waals surface area (Å²) in [6, 6.07) is 23.7. The summed E-state index contributed by atoms with van der Waals surface area (Å²) < 4.78 is 0. The number of aryl methyl sites for hydroxylation is 2. The van der Waals surface area contributed by atoms with E-state index in [4.69, 9.17) is 0 Å². The van der Waals surface area contributed by atoms with Crippen LogP contribution < -0.4 is 0 Å². The van der Waals surface area contributed by atoms with Crippen LogP contribution in [0.1, 0.15) is 77.0 Å². The zero-order valence-corrected chi connectivity index (χ0v) is 23.3. The van der Waals surface area contributed by atoms with E-state index in [2.05, 4.69) is 133 Å². The van der Waals surface area contributed by atoms with Gasteiger partial charge in [-0.1, -0.05) is 136 Å². The topological polar surface area (TPSA) is 0 Å². The fraction of sp³-hybridized carbons (Fsp3) is 0.394. The second kappa shape index (κ2) is 18.1. The van der Waals surface area contributed by atoms with Crippen LogP contribution in [0, 0.1) is 6.92 Å². The molecule has 0 N–H and O–H groups in total. The van der Waals surface area contributed by atoms with E-state index in [-0.39, 0.29) is 0 Å². The van der Waals surface area contributed by atoms with Crippen LogP contribution in [0.3, 0.4) is 0 Å². The van der Waals surface area contributed by atoms with Crippen LogP contribution in [-0.2, 0) is 12.8 Å². The minimum Gasteiger partial charge on any atom is -0.179 e. The summed E-state index contributed by atoms with van der Waals surface area (Å²) >= 11 is 4.26. The normalized spacial score (nSPS) is 11.4. The fourth-order valence-corrected chi connectivity index (χ4v) is 3.83. The van der Waals surface area contributed by atoms with Crippen molar-refractivity contribution in [3.8, 4) is 0 Å². The Morgan fingerprint density at radius 1 is 0.794 bits per heavy atom. The maximum atomic E-state index is 4.26. The summed E-state index contributed by atoms with van der Waals surface area (Å²) in [5, 5.41) is 2.68. The summed E-state index contributed by atoms with van der Waals surface area (Å²) in [4.78, 5) is 0. The maximum absolute atomic E-state index is 4.26. The Morgan fingerprint density at radius 2 is 1.44 bits per heavy atom. The molecule has 0 heterocycles. The number of unbranched alkanes of at least 4 members (excludes halogenated alkanes) is 2. The van der Waals surface area contributed by atoms with Crippen molar-refractivity contribution in [1.29, 1.82) is 0 Å². The molecule has 184 valence electrons. The molecule has 0 radical (unpaired) electrons. The molecule has 0 aromatic heterocycles. The number of fused-ring (bicyclic) bond motifs is 1. The standard InChI is InChI=1S/C16H22.C12H12S.C5H12/c1-5-13(2)9-10-15(4)12-16-8-6-7-14(3)11-16;13-9-8-11-6-3-5-10-4-1-2-7-12(10)11;1-3-5-4-2/h6-11H,5,12H2,1-4H3;1-7,13H,8-9H2;3-5H2,1-2H3/b13-9+,15-10+;;. The van der Waals surface area contributed by atoms with Gasteiger partial charge in [-0.15, -0.1) is 0 Å². The lowest BCUT2D eigenvalue weighted by atomic mass is 10.0. The highest BCUT2D eigenvalue weighted by Gasteiger charge is 1.98. The molecule has 0 aliphatic carbocycles. The number of hydrogen-bond donors (Lipinski definition) is 1. The summed E-state index contributed by atoms with van der Waals surface area (Å²) in [5.74, 6) is 0.911. The van der Waals surface area contributed by atoms with Crippen LogP contribution in [-0.4, -0.2) is 5.75 Å². The maximum Gasteiger partial charge on any atom is -0.00571 e. The zero-order chi connectivity index (χ0) is 25.2. The lowest BCUT2D eigenvalue weighted by Crippen LogP contribution is -1.87. The second-order valence-corrected chi connectivity index (χ2v) is 9.46. The predicted molar refractivity (Wildman–Crippen MR) is 159 cm³/mol. The van der Waals surface area contributed by atoms with E-state index in [0.29, 0.717) is 0 Å². The molecule has 0 bridgehead atoms.